The Morgan fingerprint density at radius 1 is 1.13 bits per heavy atom. The maximum atomic E-state index is 4.74. The summed E-state index contributed by atoms with van der Waals surface area (Å²) in [4.78, 5) is 4.74. The van der Waals surface area contributed by atoms with E-state index in [1.54, 1.807) is 0 Å². The number of rotatable bonds is 8. The number of nitrogens with one attached hydrogen (secondary N) is 2. The summed E-state index contributed by atoms with van der Waals surface area (Å²) in [5.41, 5.74) is 8.45. The minimum Gasteiger partial charge on any atom is -0.326 e. The standard InChI is InChI=1S/C22H25N9/c1-2-3-6-17(14-31-24-11-12-25-31)30-15-23-20-13-16(9-10-21(20)30)18-7-4-5-8-19(18)22-26-28-29-27-22/h4-5,7-11,13,15,17,25H,2-3,6,12,14H2,1H3,(H,26,27,28,29). The molecule has 0 radical (unpaired) electrons. The van der Waals surface area contributed by atoms with E-state index in [9.17, 15) is 0 Å². The minimum absolute atomic E-state index is 0.296. The summed E-state index contributed by atoms with van der Waals surface area (Å²) in [7, 11) is 0. The van der Waals surface area contributed by atoms with Gasteiger partial charge in [0.2, 0.25) is 5.82 Å². The fourth-order valence-electron chi connectivity index (χ4n) is 4.09. The second-order valence-corrected chi connectivity index (χ2v) is 7.67. The Morgan fingerprint density at radius 3 is 2.81 bits per heavy atom. The average molecular weight is 416 g/mol. The number of hydrazone groups is 1. The highest BCUT2D eigenvalue weighted by atomic mass is 15.7. The van der Waals surface area contributed by atoms with Crippen molar-refractivity contribution in [3.8, 4) is 22.5 Å². The number of benzene rings is 2. The number of imidazole rings is 1. The molecule has 1 atom stereocenters. The van der Waals surface area contributed by atoms with Crippen molar-refractivity contribution in [2.45, 2.75) is 32.2 Å². The van der Waals surface area contributed by atoms with E-state index >= 15 is 0 Å². The van der Waals surface area contributed by atoms with Crippen molar-refractivity contribution in [1.82, 2.24) is 40.7 Å². The first kappa shape index (κ1) is 19.4. The SMILES string of the molecule is CCCCC(CN1N=CCN1)n1cnc2cc(-c3ccccc3-c3nn[nH]n3)ccc21. The number of fused-ring (bicyclic) bond motifs is 1. The summed E-state index contributed by atoms with van der Waals surface area (Å²) in [6, 6.07) is 14.8. The van der Waals surface area contributed by atoms with Gasteiger partial charge in [-0.3, -0.25) is 0 Å². The molecular formula is C22H25N9. The van der Waals surface area contributed by atoms with Gasteiger partial charge in [0, 0.05) is 11.8 Å². The molecule has 1 aliphatic heterocycles. The predicted octanol–water partition coefficient (Wildman–Crippen LogP) is 3.42. The van der Waals surface area contributed by atoms with Crippen molar-refractivity contribution in [1.29, 1.82) is 0 Å². The van der Waals surface area contributed by atoms with Crippen molar-refractivity contribution in [3.63, 3.8) is 0 Å². The Morgan fingerprint density at radius 2 is 2.03 bits per heavy atom. The number of hydrogen-bond donors (Lipinski definition) is 2. The van der Waals surface area contributed by atoms with Crippen LogP contribution in [0, 0.1) is 0 Å². The molecule has 9 nitrogen and oxygen atoms in total. The van der Waals surface area contributed by atoms with Gasteiger partial charge in [-0.2, -0.15) is 10.3 Å². The topological polar surface area (TPSA) is 99.9 Å². The van der Waals surface area contributed by atoms with Gasteiger partial charge in [-0.05, 0) is 34.9 Å². The Hall–Kier alpha value is -3.59. The number of hydrazine groups is 1. The van der Waals surface area contributed by atoms with E-state index in [4.69, 9.17) is 4.98 Å². The first-order chi connectivity index (χ1) is 15.3. The Balaban J connectivity index is 1.49. The van der Waals surface area contributed by atoms with Gasteiger partial charge in [0.05, 0.1) is 36.5 Å². The van der Waals surface area contributed by atoms with Crippen LogP contribution in [0.25, 0.3) is 33.5 Å². The van der Waals surface area contributed by atoms with Gasteiger partial charge >= 0.3 is 0 Å². The normalized spacial score (nSPS) is 14.5. The van der Waals surface area contributed by atoms with E-state index in [2.05, 4.69) is 66.9 Å². The van der Waals surface area contributed by atoms with Crippen LogP contribution in [0.5, 0.6) is 0 Å². The molecule has 0 amide bonds. The highest BCUT2D eigenvalue weighted by molar-refractivity contribution is 5.87. The van der Waals surface area contributed by atoms with Crippen LogP contribution in [0.4, 0.5) is 0 Å². The minimum atomic E-state index is 0.296. The third-order valence-corrected chi connectivity index (χ3v) is 5.65. The molecule has 0 bridgehead atoms. The molecule has 2 N–H and O–H groups in total. The van der Waals surface area contributed by atoms with Crippen LogP contribution in [-0.2, 0) is 0 Å². The number of nitrogens with zero attached hydrogens (tertiary/aromatic N) is 7. The maximum Gasteiger partial charge on any atom is 0.205 e. The fraction of sp³-hybridized carbons (Fsp3) is 0.318. The van der Waals surface area contributed by atoms with Crippen LogP contribution in [0.15, 0.2) is 53.9 Å². The van der Waals surface area contributed by atoms with E-state index in [1.165, 1.54) is 0 Å². The van der Waals surface area contributed by atoms with Crippen molar-refractivity contribution >= 4 is 17.2 Å². The number of tetrazole rings is 1. The molecule has 0 saturated carbocycles. The van der Waals surface area contributed by atoms with Crippen LogP contribution in [0.1, 0.15) is 32.2 Å². The van der Waals surface area contributed by atoms with E-state index < -0.39 is 0 Å². The van der Waals surface area contributed by atoms with Crippen molar-refractivity contribution in [2.75, 3.05) is 13.1 Å². The molecule has 158 valence electrons. The second kappa shape index (κ2) is 8.65. The lowest BCUT2D eigenvalue weighted by Crippen LogP contribution is -2.34. The number of H-pyrrole nitrogens is 1. The summed E-state index contributed by atoms with van der Waals surface area (Å²) >= 11 is 0. The van der Waals surface area contributed by atoms with Gasteiger partial charge in [-0.1, -0.05) is 50.1 Å². The molecule has 5 rings (SSSR count). The summed E-state index contributed by atoms with van der Waals surface area (Å²) in [5, 5.41) is 20.9. The van der Waals surface area contributed by atoms with Gasteiger partial charge in [0.1, 0.15) is 0 Å². The zero-order valence-corrected chi connectivity index (χ0v) is 17.4. The molecule has 0 fully saturated rings. The lowest BCUT2D eigenvalue weighted by atomic mass is 9.99. The van der Waals surface area contributed by atoms with Crippen molar-refractivity contribution in [3.05, 3.63) is 48.8 Å². The summed E-state index contributed by atoms with van der Waals surface area (Å²) in [5.74, 6) is 0.583. The Kier molecular flexibility index (Phi) is 5.40. The van der Waals surface area contributed by atoms with Gasteiger partial charge in [0.25, 0.3) is 0 Å². The van der Waals surface area contributed by atoms with E-state index in [0.29, 0.717) is 11.9 Å². The van der Waals surface area contributed by atoms with Crippen LogP contribution < -0.4 is 5.43 Å². The molecule has 3 heterocycles. The quantitative estimate of drug-likeness (QED) is 0.457. The Labute approximate surface area is 180 Å². The van der Waals surface area contributed by atoms with Gasteiger partial charge in [0.15, 0.2) is 0 Å². The fourth-order valence-corrected chi connectivity index (χ4v) is 4.09. The van der Waals surface area contributed by atoms with Gasteiger partial charge in [-0.25, -0.2) is 15.5 Å². The summed E-state index contributed by atoms with van der Waals surface area (Å²) in [6.07, 6.45) is 7.27. The molecule has 4 aromatic rings. The molecule has 0 saturated heterocycles. The zero-order valence-electron chi connectivity index (χ0n) is 17.4. The van der Waals surface area contributed by atoms with Crippen molar-refractivity contribution < 1.29 is 0 Å². The first-order valence-corrected chi connectivity index (χ1v) is 10.7. The lowest BCUT2D eigenvalue weighted by molar-refractivity contribution is 0.189. The summed E-state index contributed by atoms with van der Waals surface area (Å²) in [6.45, 7) is 3.82. The summed E-state index contributed by atoms with van der Waals surface area (Å²) < 4.78 is 2.29. The highest BCUT2D eigenvalue weighted by Gasteiger charge is 2.19. The largest absolute Gasteiger partial charge is 0.326 e. The molecule has 2 aromatic carbocycles. The average Bonchev–Trinajstić information content (AvgIpc) is 3.58. The van der Waals surface area contributed by atoms with Gasteiger partial charge < -0.3 is 4.57 Å². The monoisotopic (exact) mass is 415 g/mol. The smallest absolute Gasteiger partial charge is 0.205 e. The Bertz CT molecular complexity index is 1180. The van der Waals surface area contributed by atoms with E-state index in [-0.39, 0.29) is 0 Å². The molecule has 0 spiro atoms. The second-order valence-electron chi connectivity index (χ2n) is 7.67. The van der Waals surface area contributed by atoms with E-state index in [1.807, 2.05) is 35.9 Å². The number of aromatic nitrogens is 6. The van der Waals surface area contributed by atoms with Crippen molar-refractivity contribution in [2.24, 2.45) is 5.10 Å². The molecule has 31 heavy (non-hydrogen) atoms. The third-order valence-electron chi connectivity index (χ3n) is 5.65. The van der Waals surface area contributed by atoms with Crippen LogP contribution >= 0.6 is 0 Å². The highest BCUT2D eigenvalue weighted by Crippen LogP contribution is 2.32. The zero-order chi connectivity index (χ0) is 21.0. The number of unbranched alkanes of at least 4 members (excludes halogenated alkanes) is 1. The van der Waals surface area contributed by atoms with Crippen LogP contribution in [0.2, 0.25) is 0 Å². The van der Waals surface area contributed by atoms with Crippen LogP contribution in [0.3, 0.4) is 0 Å². The lowest BCUT2D eigenvalue weighted by Gasteiger charge is -2.24. The molecule has 2 aromatic heterocycles. The predicted molar refractivity (Wildman–Crippen MR) is 120 cm³/mol. The molecule has 0 aliphatic carbocycles. The first-order valence-electron chi connectivity index (χ1n) is 10.7. The van der Waals surface area contributed by atoms with Crippen LogP contribution in [-0.4, -0.2) is 54.6 Å². The van der Waals surface area contributed by atoms with Gasteiger partial charge in [-0.15, -0.1) is 10.2 Å². The maximum absolute atomic E-state index is 4.74. The molecule has 9 heteroatoms. The number of hydrogen-bond acceptors (Lipinski definition) is 7. The third kappa shape index (κ3) is 3.91. The molecular weight excluding hydrogens is 390 g/mol. The number of aromatic amines is 1. The molecule has 1 aliphatic rings. The molecule has 1 unspecified atom stereocenters. The van der Waals surface area contributed by atoms with E-state index in [0.717, 1.165) is 60.1 Å².